The summed E-state index contributed by atoms with van der Waals surface area (Å²) in [5.74, 6) is 1.94. The molecule has 9 nitrogen and oxygen atoms in total. The minimum atomic E-state index is -0.431. The van der Waals surface area contributed by atoms with Crippen LogP contribution in [0.4, 0.5) is 17.3 Å². The molecule has 1 heterocycles. The van der Waals surface area contributed by atoms with Crippen molar-refractivity contribution < 1.29 is 9.66 Å². The number of fused-ring (bicyclic) bond motifs is 1. The number of nitro groups is 1. The van der Waals surface area contributed by atoms with Gasteiger partial charge < -0.3 is 20.3 Å². The third-order valence-corrected chi connectivity index (χ3v) is 4.57. The Morgan fingerprint density at radius 2 is 1.80 bits per heavy atom. The number of para-hydroxylation sites is 1. The minimum absolute atomic E-state index is 0.00918. The van der Waals surface area contributed by atoms with Crippen LogP contribution in [0, 0.1) is 10.1 Å². The molecule has 0 fully saturated rings. The standard InChI is InChI=1S/C21H26N6O3/c1-26(2)12-6-11-22-20-21(23-14-15-7-4-5-8-19(15)30-3)24-17-10-9-16(27(28)29)13-18(17)25-20/h4-5,7-10,13H,6,11-12,14H2,1-3H3,(H,22,25)(H,23,24). The van der Waals surface area contributed by atoms with E-state index < -0.39 is 4.92 Å². The Morgan fingerprint density at radius 3 is 2.53 bits per heavy atom. The van der Waals surface area contributed by atoms with Crippen LogP contribution in [0.2, 0.25) is 0 Å². The number of nitro benzene ring substituents is 1. The van der Waals surface area contributed by atoms with Crippen LogP contribution >= 0.6 is 0 Å². The summed E-state index contributed by atoms with van der Waals surface area (Å²) in [4.78, 5) is 22.0. The Labute approximate surface area is 175 Å². The number of non-ortho nitro benzene ring substituents is 1. The lowest BCUT2D eigenvalue weighted by Gasteiger charge is -2.15. The monoisotopic (exact) mass is 410 g/mol. The zero-order valence-electron chi connectivity index (χ0n) is 17.4. The first-order valence-electron chi connectivity index (χ1n) is 9.68. The topological polar surface area (TPSA) is 105 Å². The molecule has 0 saturated carbocycles. The zero-order valence-corrected chi connectivity index (χ0v) is 17.4. The summed E-state index contributed by atoms with van der Waals surface area (Å²) in [5, 5.41) is 17.7. The highest BCUT2D eigenvalue weighted by atomic mass is 16.6. The molecule has 158 valence electrons. The fraction of sp³-hybridized carbons (Fsp3) is 0.333. The number of hydrogen-bond donors (Lipinski definition) is 2. The van der Waals surface area contributed by atoms with Crippen LogP contribution in [0.25, 0.3) is 11.0 Å². The van der Waals surface area contributed by atoms with Crippen molar-refractivity contribution in [1.82, 2.24) is 14.9 Å². The van der Waals surface area contributed by atoms with E-state index in [0.717, 1.165) is 24.3 Å². The molecule has 3 aromatic rings. The Balaban J connectivity index is 1.87. The van der Waals surface area contributed by atoms with Gasteiger partial charge in [0.15, 0.2) is 11.6 Å². The molecule has 1 aromatic heterocycles. The third-order valence-electron chi connectivity index (χ3n) is 4.57. The third kappa shape index (κ3) is 5.32. The maximum absolute atomic E-state index is 11.1. The van der Waals surface area contributed by atoms with Crippen molar-refractivity contribution in [3.8, 4) is 5.75 Å². The largest absolute Gasteiger partial charge is 0.496 e. The fourth-order valence-corrected chi connectivity index (χ4v) is 3.03. The van der Waals surface area contributed by atoms with E-state index in [1.165, 1.54) is 12.1 Å². The fourth-order valence-electron chi connectivity index (χ4n) is 3.03. The van der Waals surface area contributed by atoms with Crippen LogP contribution in [0.15, 0.2) is 42.5 Å². The maximum atomic E-state index is 11.1. The molecule has 0 spiro atoms. The van der Waals surface area contributed by atoms with Crippen LogP contribution in [0.1, 0.15) is 12.0 Å². The van der Waals surface area contributed by atoms with E-state index in [4.69, 9.17) is 4.74 Å². The summed E-state index contributed by atoms with van der Waals surface area (Å²) in [6.07, 6.45) is 0.924. The van der Waals surface area contributed by atoms with E-state index in [-0.39, 0.29) is 5.69 Å². The molecule has 0 amide bonds. The summed E-state index contributed by atoms with van der Waals surface area (Å²) in [5.41, 5.74) is 2.04. The number of benzene rings is 2. The average molecular weight is 410 g/mol. The van der Waals surface area contributed by atoms with Gasteiger partial charge >= 0.3 is 0 Å². The average Bonchev–Trinajstić information content (AvgIpc) is 2.74. The summed E-state index contributed by atoms with van der Waals surface area (Å²) >= 11 is 0. The minimum Gasteiger partial charge on any atom is -0.496 e. The van der Waals surface area contributed by atoms with Gasteiger partial charge in [-0.1, -0.05) is 18.2 Å². The molecule has 0 unspecified atom stereocenters. The quantitative estimate of drug-likeness (QED) is 0.297. The Morgan fingerprint density at radius 1 is 1.07 bits per heavy atom. The van der Waals surface area contributed by atoms with Crippen molar-refractivity contribution >= 4 is 28.4 Å². The van der Waals surface area contributed by atoms with Gasteiger partial charge in [-0.05, 0) is 39.2 Å². The molecule has 9 heteroatoms. The van der Waals surface area contributed by atoms with Gasteiger partial charge in [0, 0.05) is 30.8 Å². The lowest BCUT2D eigenvalue weighted by atomic mass is 10.2. The second-order valence-corrected chi connectivity index (χ2v) is 7.10. The number of nitrogens with zero attached hydrogens (tertiary/aromatic N) is 4. The summed E-state index contributed by atoms with van der Waals surface area (Å²) < 4.78 is 5.41. The van der Waals surface area contributed by atoms with Gasteiger partial charge in [-0.15, -0.1) is 0 Å². The molecular weight excluding hydrogens is 384 g/mol. The van der Waals surface area contributed by atoms with Crippen molar-refractivity contribution in [2.45, 2.75) is 13.0 Å². The highest BCUT2D eigenvalue weighted by molar-refractivity contribution is 5.82. The van der Waals surface area contributed by atoms with E-state index in [2.05, 4.69) is 25.5 Å². The molecule has 30 heavy (non-hydrogen) atoms. The Hall–Kier alpha value is -3.46. The van der Waals surface area contributed by atoms with Crippen LogP contribution in [0.3, 0.4) is 0 Å². The van der Waals surface area contributed by atoms with E-state index in [0.29, 0.717) is 35.8 Å². The van der Waals surface area contributed by atoms with Crippen LogP contribution in [-0.2, 0) is 6.54 Å². The number of anilines is 2. The van der Waals surface area contributed by atoms with E-state index in [1.54, 1.807) is 13.2 Å². The van der Waals surface area contributed by atoms with Crippen LogP contribution < -0.4 is 15.4 Å². The lowest BCUT2D eigenvalue weighted by molar-refractivity contribution is -0.384. The van der Waals surface area contributed by atoms with Crippen molar-refractivity contribution in [3.05, 3.63) is 58.1 Å². The lowest BCUT2D eigenvalue weighted by Crippen LogP contribution is -2.17. The van der Waals surface area contributed by atoms with E-state index >= 15 is 0 Å². The molecule has 2 aromatic carbocycles. The van der Waals surface area contributed by atoms with E-state index in [1.807, 2.05) is 38.4 Å². The first-order chi connectivity index (χ1) is 14.5. The predicted molar refractivity (Wildman–Crippen MR) is 118 cm³/mol. The normalized spacial score (nSPS) is 10.9. The van der Waals surface area contributed by atoms with Gasteiger partial charge in [0.25, 0.3) is 5.69 Å². The number of nitrogens with one attached hydrogen (secondary N) is 2. The van der Waals surface area contributed by atoms with Gasteiger partial charge in [0.2, 0.25) is 0 Å². The van der Waals surface area contributed by atoms with Crippen molar-refractivity contribution in [3.63, 3.8) is 0 Å². The number of ether oxygens (including phenoxy) is 1. The molecule has 0 bridgehead atoms. The number of rotatable bonds is 10. The molecule has 2 N–H and O–H groups in total. The molecule has 0 aliphatic rings. The van der Waals surface area contributed by atoms with Gasteiger partial charge in [-0.2, -0.15) is 0 Å². The molecule has 0 aliphatic heterocycles. The maximum Gasteiger partial charge on any atom is 0.271 e. The summed E-state index contributed by atoms with van der Waals surface area (Å²) in [6, 6.07) is 12.2. The number of hydrogen-bond acceptors (Lipinski definition) is 8. The highest BCUT2D eigenvalue weighted by Crippen LogP contribution is 2.26. The smallest absolute Gasteiger partial charge is 0.271 e. The number of aromatic nitrogens is 2. The van der Waals surface area contributed by atoms with Gasteiger partial charge in [0.05, 0.1) is 23.1 Å². The molecule has 0 aliphatic carbocycles. The van der Waals surface area contributed by atoms with Crippen molar-refractivity contribution in [2.75, 3.05) is 44.9 Å². The summed E-state index contributed by atoms with van der Waals surface area (Å²) in [6.45, 7) is 2.14. The second kappa shape index (κ2) is 9.84. The highest BCUT2D eigenvalue weighted by Gasteiger charge is 2.13. The molecule has 0 saturated heterocycles. The first-order valence-corrected chi connectivity index (χ1v) is 9.68. The Bertz CT molecular complexity index is 1020. The van der Waals surface area contributed by atoms with Gasteiger partial charge in [0.1, 0.15) is 5.75 Å². The zero-order chi connectivity index (χ0) is 21.5. The molecular formula is C21H26N6O3. The van der Waals surface area contributed by atoms with Gasteiger partial charge in [-0.25, -0.2) is 9.97 Å². The van der Waals surface area contributed by atoms with Crippen molar-refractivity contribution in [2.24, 2.45) is 0 Å². The molecule has 0 atom stereocenters. The van der Waals surface area contributed by atoms with Crippen LogP contribution in [-0.4, -0.2) is 54.1 Å². The molecule has 0 radical (unpaired) electrons. The van der Waals surface area contributed by atoms with E-state index in [9.17, 15) is 10.1 Å². The second-order valence-electron chi connectivity index (χ2n) is 7.10. The predicted octanol–water partition coefficient (Wildman–Crippen LogP) is 3.52. The summed E-state index contributed by atoms with van der Waals surface area (Å²) in [7, 11) is 5.68. The molecule has 3 rings (SSSR count). The van der Waals surface area contributed by atoms with Crippen molar-refractivity contribution in [1.29, 1.82) is 0 Å². The Kier molecular flexibility index (Phi) is 6.97. The number of methoxy groups -OCH3 is 1. The van der Waals surface area contributed by atoms with Gasteiger partial charge in [-0.3, -0.25) is 10.1 Å². The SMILES string of the molecule is COc1ccccc1CNc1nc2ccc([N+](=O)[O-])cc2nc1NCCCN(C)C. The first kappa shape index (κ1) is 21.3. The van der Waals surface area contributed by atoms with Crippen LogP contribution in [0.5, 0.6) is 5.75 Å².